The number of aryl methyl sites for hydroxylation is 2. The topological polar surface area (TPSA) is 88.4 Å². The van der Waals surface area contributed by atoms with Crippen LogP contribution >= 0.6 is 11.3 Å². The molecule has 6 nitrogen and oxygen atoms in total. The number of benzene rings is 1. The summed E-state index contributed by atoms with van der Waals surface area (Å²) in [5, 5.41) is 13.6. The Kier molecular flexibility index (Phi) is 6.14. The minimum atomic E-state index is -0.997. The lowest BCUT2D eigenvalue weighted by molar-refractivity contribution is -0.155. The van der Waals surface area contributed by atoms with Crippen LogP contribution < -0.4 is 10.1 Å². The van der Waals surface area contributed by atoms with Gasteiger partial charge in [0.2, 0.25) is 0 Å². The summed E-state index contributed by atoms with van der Waals surface area (Å²) in [5.74, 6) is -0.509. The second-order valence-corrected chi connectivity index (χ2v) is 6.32. The Morgan fingerprint density at radius 3 is 2.60 bits per heavy atom. The van der Waals surface area contributed by atoms with Crippen molar-refractivity contribution in [3.63, 3.8) is 0 Å². The number of rotatable bonds is 6. The predicted molar refractivity (Wildman–Crippen MR) is 94.6 cm³/mol. The Labute approximate surface area is 150 Å². The number of carbonyl (C=O) groups excluding carboxylic acids is 2. The number of amides is 1. The van der Waals surface area contributed by atoms with Gasteiger partial charge in [-0.3, -0.25) is 4.79 Å². The van der Waals surface area contributed by atoms with Gasteiger partial charge in [-0.15, -0.1) is 11.3 Å². The summed E-state index contributed by atoms with van der Waals surface area (Å²) in [5.41, 5.74) is 2.20. The van der Waals surface area contributed by atoms with Crippen LogP contribution in [-0.4, -0.2) is 24.6 Å². The number of nitrogens with zero attached hydrogens (tertiary/aromatic N) is 1. The number of hydrogen-bond donors (Lipinski definition) is 1. The maximum Gasteiger partial charge on any atom is 0.344 e. The van der Waals surface area contributed by atoms with E-state index in [0.29, 0.717) is 16.3 Å². The van der Waals surface area contributed by atoms with Crippen molar-refractivity contribution in [1.29, 1.82) is 5.26 Å². The maximum absolute atomic E-state index is 12.1. The Morgan fingerprint density at radius 1 is 1.28 bits per heavy atom. The SMILES string of the molecule is Cc1cccc(C)c1OCC(=O)O[C@H](C)C(=O)Nc1sccc1C#N. The summed E-state index contributed by atoms with van der Waals surface area (Å²) in [7, 11) is 0. The van der Waals surface area contributed by atoms with Gasteiger partial charge in [-0.2, -0.15) is 5.26 Å². The van der Waals surface area contributed by atoms with E-state index in [0.717, 1.165) is 11.1 Å². The molecule has 2 aromatic rings. The van der Waals surface area contributed by atoms with E-state index in [4.69, 9.17) is 14.7 Å². The van der Waals surface area contributed by atoms with Gasteiger partial charge in [0, 0.05) is 0 Å². The van der Waals surface area contributed by atoms with Crippen molar-refractivity contribution in [3.8, 4) is 11.8 Å². The zero-order valence-electron chi connectivity index (χ0n) is 14.2. The van der Waals surface area contributed by atoms with Crippen LogP contribution in [0.4, 0.5) is 5.00 Å². The Morgan fingerprint density at radius 2 is 1.96 bits per heavy atom. The molecule has 1 atom stereocenters. The van der Waals surface area contributed by atoms with Crippen LogP contribution in [0.3, 0.4) is 0 Å². The zero-order chi connectivity index (χ0) is 18.4. The number of hydrogen-bond acceptors (Lipinski definition) is 6. The van der Waals surface area contributed by atoms with Gasteiger partial charge < -0.3 is 14.8 Å². The van der Waals surface area contributed by atoms with Crippen molar-refractivity contribution in [1.82, 2.24) is 0 Å². The van der Waals surface area contributed by atoms with Crippen molar-refractivity contribution in [2.75, 3.05) is 11.9 Å². The third-order valence-electron chi connectivity index (χ3n) is 3.44. The molecule has 0 aliphatic rings. The van der Waals surface area contributed by atoms with Crippen LogP contribution in [0.2, 0.25) is 0 Å². The van der Waals surface area contributed by atoms with Crippen LogP contribution in [0.5, 0.6) is 5.75 Å². The number of para-hydroxylation sites is 1. The lowest BCUT2D eigenvalue weighted by Gasteiger charge is -2.15. The first-order valence-corrected chi connectivity index (χ1v) is 8.47. The molecule has 25 heavy (non-hydrogen) atoms. The Balaban J connectivity index is 1.87. The first-order valence-electron chi connectivity index (χ1n) is 7.59. The fourth-order valence-corrected chi connectivity index (χ4v) is 2.89. The highest BCUT2D eigenvalue weighted by Crippen LogP contribution is 2.23. The predicted octanol–water partition coefficient (Wildman–Crippen LogP) is 3.19. The van der Waals surface area contributed by atoms with E-state index in [1.54, 1.807) is 11.4 Å². The lowest BCUT2D eigenvalue weighted by atomic mass is 10.1. The van der Waals surface area contributed by atoms with E-state index < -0.39 is 18.0 Å². The molecule has 1 N–H and O–H groups in total. The molecule has 0 aliphatic heterocycles. The molecule has 0 saturated heterocycles. The third kappa shape index (κ3) is 4.81. The largest absolute Gasteiger partial charge is 0.481 e. The number of nitriles is 1. The van der Waals surface area contributed by atoms with Gasteiger partial charge in [0.25, 0.3) is 5.91 Å². The number of nitrogens with one attached hydrogen (secondary N) is 1. The fourth-order valence-electron chi connectivity index (χ4n) is 2.15. The second-order valence-electron chi connectivity index (χ2n) is 5.41. The number of thiophene rings is 1. The molecule has 7 heteroatoms. The van der Waals surface area contributed by atoms with Gasteiger partial charge >= 0.3 is 5.97 Å². The van der Waals surface area contributed by atoms with Crippen LogP contribution in [0, 0.1) is 25.2 Å². The van der Waals surface area contributed by atoms with Gasteiger partial charge in [0.05, 0.1) is 5.56 Å². The fraction of sp³-hybridized carbons (Fsp3) is 0.278. The third-order valence-corrected chi connectivity index (χ3v) is 4.27. The summed E-state index contributed by atoms with van der Waals surface area (Å²) in [6.45, 7) is 4.95. The lowest BCUT2D eigenvalue weighted by Crippen LogP contribution is -2.31. The smallest absolute Gasteiger partial charge is 0.344 e. The van der Waals surface area contributed by atoms with Crippen molar-refractivity contribution in [2.45, 2.75) is 26.9 Å². The highest BCUT2D eigenvalue weighted by molar-refractivity contribution is 7.14. The summed E-state index contributed by atoms with van der Waals surface area (Å²) in [6.07, 6.45) is -0.997. The van der Waals surface area contributed by atoms with Crippen molar-refractivity contribution in [2.24, 2.45) is 0 Å². The highest BCUT2D eigenvalue weighted by atomic mass is 32.1. The molecule has 2 rings (SSSR count). The number of esters is 1. The van der Waals surface area contributed by atoms with Gasteiger partial charge in [-0.25, -0.2) is 4.79 Å². The summed E-state index contributed by atoms with van der Waals surface area (Å²) in [6, 6.07) is 9.26. The first-order chi connectivity index (χ1) is 11.9. The van der Waals surface area contributed by atoms with E-state index in [1.807, 2.05) is 38.1 Å². The van der Waals surface area contributed by atoms with Crippen LogP contribution in [0.15, 0.2) is 29.6 Å². The quantitative estimate of drug-likeness (QED) is 0.801. The van der Waals surface area contributed by atoms with Crippen LogP contribution in [0.25, 0.3) is 0 Å². The molecular weight excluding hydrogens is 340 g/mol. The van der Waals surface area contributed by atoms with E-state index >= 15 is 0 Å². The minimum absolute atomic E-state index is 0.286. The molecule has 1 aromatic heterocycles. The molecule has 1 aromatic carbocycles. The summed E-state index contributed by atoms with van der Waals surface area (Å²) in [4.78, 5) is 24.0. The second kappa shape index (κ2) is 8.31. The molecule has 0 fully saturated rings. The number of ether oxygens (including phenoxy) is 2. The Hall–Kier alpha value is -2.85. The van der Waals surface area contributed by atoms with E-state index in [1.165, 1.54) is 18.3 Å². The normalized spacial score (nSPS) is 11.3. The maximum atomic E-state index is 12.1. The van der Waals surface area contributed by atoms with Crippen molar-refractivity contribution in [3.05, 3.63) is 46.3 Å². The molecule has 0 spiro atoms. The van der Waals surface area contributed by atoms with Crippen molar-refractivity contribution >= 4 is 28.2 Å². The molecule has 0 saturated carbocycles. The van der Waals surface area contributed by atoms with Gasteiger partial charge in [0.15, 0.2) is 12.7 Å². The Bertz CT molecular complexity index is 802. The van der Waals surface area contributed by atoms with E-state index in [-0.39, 0.29) is 6.61 Å². The zero-order valence-corrected chi connectivity index (χ0v) is 15.0. The molecule has 0 radical (unpaired) electrons. The molecule has 130 valence electrons. The van der Waals surface area contributed by atoms with Crippen molar-refractivity contribution < 1.29 is 19.1 Å². The summed E-state index contributed by atoms with van der Waals surface area (Å²) >= 11 is 1.23. The monoisotopic (exact) mass is 358 g/mol. The standard InChI is InChI=1S/C18H18N2O4S/c1-11-5-4-6-12(2)16(11)23-10-15(21)24-13(3)17(22)20-18-14(9-19)7-8-25-18/h4-8,13H,10H2,1-3H3,(H,20,22)/t13-/m1/s1. The molecule has 0 unspecified atom stereocenters. The molecular formula is C18H18N2O4S. The number of anilines is 1. The average molecular weight is 358 g/mol. The molecule has 0 aliphatic carbocycles. The molecule has 0 bridgehead atoms. The van der Waals surface area contributed by atoms with Crippen LogP contribution in [-0.2, 0) is 14.3 Å². The average Bonchev–Trinajstić information content (AvgIpc) is 3.01. The number of carbonyl (C=O) groups is 2. The summed E-state index contributed by atoms with van der Waals surface area (Å²) < 4.78 is 10.6. The van der Waals surface area contributed by atoms with E-state index in [9.17, 15) is 9.59 Å². The minimum Gasteiger partial charge on any atom is -0.481 e. The molecule has 1 heterocycles. The van der Waals surface area contributed by atoms with Crippen LogP contribution in [0.1, 0.15) is 23.6 Å². The van der Waals surface area contributed by atoms with Gasteiger partial charge in [-0.1, -0.05) is 18.2 Å². The van der Waals surface area contributed by atoms with E-state index in [2.05, 4.69) is 5.32 Å². The van der Waals surface area contributed by atoms with Gasteiger partial charge in [-0.05, 0) is 43.3 Å². The first kappa shape index (κ1) is 18.5. The van der Waals surface area contributed by atoms with Gasteiger partial charge in [0.1, 0.15) is 16.8 Å². The highest BCUT2D eigenvalue weighted by Gasteiger charge is 2.20. The molecule has 1 amide bonds.